The van der Waals surface area contributed by atoms with Crippen LogP contribution in [-0.2, 0) is 9.59 Å². The van der Waals surface area contributed by atoms with E-state index in [4.69, 9.17) is 39.0 Å². The molecule has 3 rings (SSSR count). The molecule has 1 aliphatic heterocycles. The van der Waals surface area contributed by atoms with Crippen LogP contribution in [0.5, 0.6) is 11.5 Å². The Bertz CT molecular complexity index is 992. The Balaban J connectivity index is 1.86. The van der Waals surface area contributed by atoms with Crippen molar-refractivity contribution in [3.8, 4) is 11.5 Å². The molecule has 1 heterocycles. The third kappa shape index (κ3) is 5.09. The first-order valence-corrected chi connectivity index (χ1v) is 10.2. The zero-order valence-corrected chi connectivity index (χ0v) is 17.8. The molecule has 0 aromatic heterocycles. The highest BCUT2D eigenvalue weighted by Gasteiger charge is 2.33. The summed E-state index contributed by atoms with van der Waals surface area (Å²) in [6.45, 7) is 2.00. The molecule has 2 amide bonds. The number of benzene rings is 2. The second-order valence-corrected chi connectivity index (χ2v) is 8.00. The number of primary amides is 1. The Morgan fingerprint density at radius 2 is 1.93 bits per heavy atom. The first kappa shape index (κ1) is 21.2. The molecule has 150 valence electrons. The van der Waals surface area contributed by atoms with E-state index < -0.39 is 5.91 Å². The number of thioether (sulfide) groups is 1. The molecule has 2 N–H and O–H groups in total. The van der Waals surface area contributed by atoms with Crippen LogP contribution >= 0.6 is 35.6 Å². The minimum absolute atomic E-state index is 0.214. The molecule has 0 radical (unpaired) electrons. The van der Waals surface area contributed by atoms with Gasteiger partial charge in [-0.3, -0.25) is 14.5 Å². The summed E-state index contributed by atoms with van der Waals surface area (Å²) in [5.74, 6) is 0.0592. The Labute approximate surface area is 182 Å². The van der Waals surface area contributed by atoms with Crippen molar-refractivity contribution >= 4 is 63.5 Å². The molecule has 0 spiro atoms. The summed E-state index contributed by atoms with van der Waals surface area (Å²) in [5.41, 5.74) is 6.51. The number of halogens is 1. The molecule has 0 saturated carbocycles. The SMILES string of the molecule is CCOc1cc(/C=C2/SC(=S)N(c3ccc(Cl)cc3)C2=O)ccc1OCC(N)=O. The van der Waals surface area contributed by atoms with Gasteiger partial charge in [0.2, 0.25) is 0 Å². The third-order valence-corrected chi connectivity index (χ3v) is 5.37. The quantitative estimate of drug-likeness (QED) is 0.509. The number of carbonyl (C=O) groups is 2. The lowest BCUT2D eigenvalue weighted by atomic mass is 10.1. The highest BCUT2D eigenvalue weighted by atomic mass is 35.5. The van der Waals surface area contributed by atoms with E-state index in [0.717, 1.165) is 5.56 Å². The summed E-state index contributed by atoms with van der Waals surface area (Å²) in [5, 5.41) is 0.580. The van der Waals surface area contributed by atoms with Crippen molar-refractivity contribution in [1.29, 1.82) is 0 Å². The number of amides is 2. The lowest BCUT2D eigenvalue weighted by molar-refractivity contribution is -0.120. The summed E-state index contributed by atoms with van der Waals surface area (Å²) < 4.78 is 11.4. The van der Waals surface area contributed by atoms with Crippen LogP contribution in [0.4, 0.5) is 5.69 Å². The van der Waals surface area contributed by atoms with E-state index in [0.29, 0.717) is 38.0 Å². The maximum Gasteiger partial charge on any atom is 0.270 e. The molecule has 0 aliphatic carbocycles. The molecule has 0 unspecified atom stereocenters. The van der Waals surface area contributed by atoms with Crippen molar-refractivity contribution in [3.63, 3.8) is 0 Å². The van der Waals surface area contributed by atoms with E-state index in [1.54, 1.807) is 48.5 Å². The first-order valence-electron chi connectivity index (χ1n) is 8.60. The zero-order chi connectivity index (χ0) is 21.0. The van der Waals surface area contributed by atoms with Gasteiger partial charge in [0.25, 0.3) is 11.8 Å². The largest absolute Gasteiger partial charge is 0.490 e. The number of nitrogens with zero attached hydrogens (tertiary/aromatic N) is 1. The fourth-order valence-corrected chi connectivity index (χ4v) is 4.01. The second-order valence-electron chi connectivity index (χ2n) is 5.89. The van der Waals surface area contributed by atoms with Crippen LogP contribution in [-0.4, -0.2) is 29.3 Å². The average molecular weight is 449 g/mol. The molecule has 29 heavy (non-hydrogen) atoms. The number of anilines is 1. The van der Waals surface area contributed by atoms with Crippen LogP contribution < -0.4 is 20.1 Å². The van der Waals surface area contributed by atoms with Crippen LogP contribution in [0.3, 0.4) is 0 Å². The average Bonchev–Trinajstić information content (AvgIpc) is 2.95. The predicted molar refractivity (Wildman–Crippen MR) is 119 cm³/mol. The molecule has 6 nitrogen and oxygen atoms in total. The Morgan fingerprint density at radius 3 is 2.59 bits per heavy atom. The van der Waals surface area contributed by atoms with Crippen LogP contribution in [0.25, 0.3) is 6.08 Å². The summed E-state index contributed by atoms with van der Waals surface area (Å²) in [7, 11) is 0. The summed E-state index contributed by atoms with van der Waals surface area (Å²) in [6.07, 6.45) is 1.73. The van der Waals surface area contributed by atoms with Gasteiger partial charge in [0.15, 0.2) is 22.4 Å². The molecule has 9 heteroatoms. The molecule has 2 aromatic rings. The van der Waals surface area contributed by atoms with Crippen LogP contribution in [0.15, 0.2) is 47.4 Å². The highest BCUT2D eigenvalue weighted by Crippen LogP contribution is 2.37. The molecule has 1 fully saturated rings. The molecular formula is C20H17ClN2O4S2. The van der Waals surface area contributed by atoms with Gasteiger partial charge >= 0.3 is 0 Å². The lowest BCUT2D eigenvalue weighted by Gasteiger charge is -2.14. The summed E-state index contributed by atoms with van der Waals surface area (Å²) >= 11 is 12.5. The smallest absolute Gasteiger partial charge is 0.270 e. The Hall–Kier alpha value is -2.55. The van der Waals surface area contributed by atoms with Gasteiger partial charge < -0.3 is 15.2 Å². The lowest BCUT2D eigenvalue weighted by Crippen LogP contribution is -2.27. The molecule has 1 aliphatic rings. The van der Waals surface area contributed by atoms with Crippen LogP contribution in [0.2, 0.25) is 5.02 Å². The molecule has 2 aromatic carbocycles. The minimum Gasteiger partial charge on any atom is -0.490 e. The van der Waals surface area contributed by atoms with Crippen LogP contribution in [0.1, 0.15) is 12.5 Å². The normalized spacial score (nSPS) is 15.1. The summed E-state index contributed by atoms with van der Waals surface area (Å²) in [6, 6.07) is 12.1. The molecule has 0 atom stereocenters. The maximum absolute atomic E-state index is 12.9. The molecule has 0 bridgehead atoms. The van der Waals surface area contributed by atoms with Gasteiger partial charge in [-0.2, -0.15) is 0 Å². The topological polar surface area (TPSA) is 81.9 Å². The van der Waals surface area contributed by atoms with Crippen molar-refractivity contribution in [2.45, 2.75) is 6.92 Å². The fraction of sp³-hybridized carbons (Fsp3) is 0.150. The van der Waals surface area contributed by atoms with Gasteiger partial charge in [-0.25, -0.2) is 0 Å². The number of rotatable bonds is 7. The van der Waals surface area contributed by atoms with E-state index in [-0.39, 0.29) is 12.5 Å². The van der Waals surface area contributed by atoms with E-state index >= 15 is 0 Å². The Morgan fingerprint density at radius 1 is 1.21 bits per heavy atom. The van der Waals surface area contributed by atoms with E-state index in [1.165, 1.54) is 16.7 Å². The molecule has 1 saturated heterocycles. The van der Waals surface area contributed by atoms with Gasteiger partial charge in [0.1, 0.15) is 0 Å². The van der Waals surface area contributed by atoms with Crippen molar-refractivity contribution in [1.82, 2.24) is 0 Å². The van der Waals surface area contributed by atoms with Gasteiger partial charge in [-0.05, 0) is 55.0 Å². The van der Waals surface area contributed by atoms with E-state index in [2.05, 4.69) is 0 Å². The predicted octanol–water partition coefficient (Wildman–Crippen LogP) is 4.01. The van der Waals surface area contributed by atoms with E-state index in [9.17, 15) is 9.59 Å². The zero-order valence-electron chi connectivity index (χ0n) is 15.4. The van der Waals surface area contributed by atoms with Crippen molar-refractivity contribution in [3.05, 3.63) is 58.0 Å². The van der Waals surface area contributed by atoms with Crippen molar-refractivity contribution in [2.24, 2.45) is 5.73 Å². The first-order chi connectivity index (χ1) is 13.9. The molecular weight excluding hydrogens is 432 g/mol. The third-order valence-electron chi connectivity index (χ3n) is 3.81. The van der Waals surface area contributed by atoms with E-state index in [1.807, 2.05) is 6.92 Å². The van der Waals surface area contributed by atoms with Gasteiger partial charge in [-0.1, -0.05) is 41.6 Å². The summed E-state index contributed by atoms with van der Waals surface area (Å²) in [4.78, 5) is 25.8. The number of ether oxygens (including phenoxy) is 2. The van der Waals surface area contributed by atoms with Crippen molar-refractivity contribution in [2.75, 3.05) is 18.1 Å². The minimum atomic E-state index is -0.581. The number of hydrogen-bond acceptors (Lipinski definition) is 6. The fourth-order valence-electron chi connectivity index (χ4n) is 2.58. The van der Waals surface area contributed by atoms with Crippen LogP contribution in [0, 0.1) is 0 Å². The highest BCUT2D eigenvalue weighted by molar-refractivity contribution is 8.27. The maximum atomic E-state index is 12.9. The van der Waals surface area contributed by atoms with Gasteiger partial charge in [0, 0.05) is 5.02 Å². The number of hydrogen-bond donors (Lipinski definition) is 1. The number of nitrogens with two attached hydrogens (primary N) is 1. The van der Waals surface area contributed by atoms with Crippen molar-refractivity contribution < 1.29 is 19.1 Å². The number of carbonyl (C=O) groups excluding carboxylic acids is 2. The van der Waals surface area contributed by atoms with Gasteiger partial charge in [0.05, 0.1) is 17.2 Å². The monoisotopic (exact) mass is 448 g/mol. The standard InChI is InChI=1S/C20H17ClN2O4S2/c1-2-26-16-9-12(3-8-15(16)27-11-18(22)24)10-17-19(25)23(20(28)29-17)14-6-4-13(21)5-7-14/h3-10H,2,11H2,1H3,(H2,22,24)/b17-10+. The second kappa shape index (κ2) is 9.30. The Kier molecular flexibility index (Phi) is 6.79. The van der Waals surface area contributed by atoms with Gasteiger partial charge in [-0.15, -0.1) is 0 Å². The number of thiocarbonyl (C=S) groups is 1.